The van der Waals surface area contributed by atoms with Crippen molar-refractivity contribution in [1.82, 2.24) is 9.61 Å². The minimum Gasteiger partial charge on any atom is -0.506 e. The third kappa shape index (κ3) is 2.40. The molecule has 2 aromatic rings. The number of fused-ring (bicyclic) bond motifs is 1. The van der Waals surface area contributed by atoms with Gasteiger partial charge in [-0.2, -0.15) is 10.4 Å². The molecule has 0 unspecified atom stereocenters. The van der Waals surface area contributed by atoms with E-state index >= 15 is 0 Å². The summed E-state index contributed by atoms with van der Waals surface area (Å²) in [5.74, 6) is 0.657. The highest BCUT2D eigenvalue weighted by Crippen LogP contribution is 2.26. The fraction of sp³-hybridized carbons (Fsp3) is 0.429. The minimum absolute atomic E-state index is 0.0658. The summed E-state index contributed by atoms with van der Waals surface area (Å²) in [5.41, 5.74) is 1.62. The van der Waals surface area contributed by atoms with Crippen LogP contribution in [0.4, 0.5) is 5.69 Å². The predicted molar refractivity (Wildman–Crippen MR) is 73.6 cm³/mol. The highest BCUT2D eigenvalue weighted by Gasteiger charge is 2.14. The third-order valence-electron chi connectivity index (χ3n) is 3.65. The molecule has 6 nitrogen and oxygen atoms in total. The summed E-state index contributed by atoms with van der Waals surface area (Å²) in [6, 6.07) is 3.65. The summed E-state index contributed by atoms with van der Waals surface area (Å²) in [5, 5.41) is 26.4. The lowest BCUT2D eigenvalue weighted by atomic mass is 10.0. The van der Waals surface area contributed by atoms with E-state index in [0.29, 0.717) is 17.0 Å². The normalized spacial score (nSPS) is 16.1. The Hall–Kier alpha value is -2.26. The van der Waals surface area contributed by atoms with E-state index in [-0.39, 0.29) is 5.75 Å². The maximum absolute atomic E-state index is 10.0. The van der Waals surface area contributed by atoms with E-state index in [9.17, 15) is 5.11 Å². The van der Waals surface area contributed by atoms with Crippen molar-refractivity contribution in [3.05, 3.63) is 24.0 Å². The zero-order valence-electron chi connectivity index (χ0n) is 11.0. The molecule has 0 bridgehead atoms. The second-order valence-corrected chi connectivity index (χ2v) is 5.01. The first-order valence-corrected chi connectivity index (χ1v) is 6.70. The molecule has 1 aliphatic rings. The van der Waals surface area contributed by atoms with Gasteiger partial charge < -0.3 is 15.2 Å². The van der Waals surface area contributed by atoms with Crippen molar-refractivity contribution in [2.45, 2.75) is 12.8 Å². The standard InChI is InChI=1S/C14H16N4O2/c15-6-11-8-17-18-9-12(5-13(19)14(11)18)16-7-10-1-3-20-4-2-10/h5,8-10,16,19H,1-4,7H2. The zero-order valence-corrected chi connectivity index (χ0v) is 11.0. The number of ether oxygens (including phenoxy) is 1. The van der Waals surface area contributed by atoms with Gasteiger partial charge in [-0.05, 0) is 18.8 Å². The Bertz CT molecular complexity index is 653. The van der Waals surface area contributed by atoms with Crippen LogP contribution in [0.3, 0.4) is 0 Å². The van der Waals surface area contributed by atoms with E-state index < -0.39 is 0 Å². The molecule has 0 radical (unpaired) electrons. The van der Waals surface area contributed by atoms with Crippen LogP contribution in [0.25, 0.3) is 5.52 Å². The molecule has 3 heterocycles. The molecule has 2 aromatic heterocycles. The number of nitrogens with one attached hydrogen (secondary N) is 1. The van der Waals surface area contributed by atoms with Gasteiger partial charge in [-0.25, -0.2) is 4.52 Å². The third-order valence-corrected chi connectivity index (χ3v) is 3.65. The van der Waals surface area contributed by atoms with Gasteiger partial charge in [0.2, 0.25) is 0 Å². The van der Waals surface area contributed by atoms with E-state index in [2.05, 4.69) is 10.4 Å². The molecule has 1 fully saturated rings. The van der Waals surface area contributed by atoms with Crippen LogP contribution in [0.1, 0.15) is 18.4 Å². The molecule has 3 rings (SSSR count). The van der Waals surface area contributed by atoms with Crippen LogP contribution in [0.15, 0.2) is 18.5 Å². The Kier molecular flexibility index (Phi) is 3.44. The van der Waals surface area contributed by atoms with Gasteiger partial charge in [-0.15, -0.1) is 0 Å². The van der Waals surface area contributed by atoms with Crippen LogP contribution in [0.2, 0.25) is 0 Å². The lowest BCUT2D eigenvalue weighted by molar-refractivity contribution is 0.0699. The van der Waals surface area contributed by atoms with Crippen molar-refractivity contribution in [2.24, 2.45) is 5.92 Å². The molecule has 2 N–H and O–H groups in total. The number of nitrogens with zero attached hydrogens (tertiary/aromatic N) is 3. The largest absolute Gasteiger partial charge is 0.506 e. The van der Waals surface area contributed by atoms with E-state index in [4.69, 9.17) is 10.00 Å². The van der Waals surface area contributed by atoms with Crippen molar-refractivity contribution >= 4 is 11.2 Å². The number of hydrogen-bond donors (Lipinski definition) is 2. The maximum atomic E-state index is 10.0. The minimum atomic E-state index is 0.0658. The molecule has 0 spiro atoms. The Labute approximate surface area is 116 Å². The number of rotatable bonds is 3. The van der Waals surface area contributed by atoms with E-state index in [1.807, 2.05) is 6.07 Å². The van der Waals surface area contributed by atoms with Crippen molar-refractivity contribution in [3.8, 4) is 11.8 Å². The van der Waals surface area contributed by atoms with Crippen molar-refractivity contribution in [3.63, 3.8) is 0 Å². The fourth-order valence-electron chi connectivity index (χ4n) is 2.49. The van der Waals surface area contributed by atoms with Gasteiger partial charge in [0.15, 0.2) is 0 Å². The van der Waals surface area contributed by atoms with Crippen LogP contribution in [-0.2, 0) is 4.74 Å². The maximum Gasteiger partial charge on any atom is 0.144 e. The van der Waals surface area contributed by atoms with Gasteiger partial charge in [-0.1, -0.05) is 0 Å². The molecule has 104 valence electrons. The molecule has 0 saturated carbocycles. The Balaban J connectivity index is 1.77. The summed E-state index contributed by atoms with van der Waals surface area (Å²) in [6.45, 7) is 2.49. The Morgan fingerprint density at radius 3 is 3.05 bits per heavy atom. The summed E-state index contributed by atoms with van der Waals surface area (Å²) in [6.07, 6.45) is 5.36. The van der Waals surface area contributed by atoms with Crippen LogP contribution < -0.4 is 5.32 Å². The van der Waals surface area contributed by atoms with Crippen LogP contribution in [0, 0.1) is 17.2 Å². The molecule has 1 saturated heterocycles. The average Bonchev–Trinajstić information content (AvgIpc) is 2.90. The molecule has 1 aliphatic heterocycles. The number of hydrogen-bond acceptors (Lipinski definition) is 5. The van der Waals surface area contributed by atoms with Gasteiger partial charge in [-0.3, -0.25) is 0 Å². The van der Waals surface area contributed by atoms with Gasteiger partial charge in [0.05, 0.1) is 18.1 Å². The molecule has 0 aliphatic carbocycles. The zero-order chi connectivity index (χ0) is 13.9. The van der Waals surface area contributed by atoms with Crippen molar-refractivity contribution in [1.29, 1.82) is 5.26 Å². The molecule has 20 heavy (non-hydrogen) atoms. The SMILES string of the molecule is N#Cc1cnn2cc(NCC3CCOCC3)cc(O)c12. The summed E-state index contributed by atoms with van der Waals surface area (Å²) in [4.78, 5) is 0. The number of pyridine rings is 1. The molecule has 6 heteroatoms. The highest BCUT2D eigenvalue weighted by molar-refractivity contribution is 5.71. The molecule has 0 amide bonds. The molecule has 0 aromatic carbocycles. The lowest BCUT2D eigenvalue weighted by Crippen LogP contribution is -2.22. The lowest BCUT2D eigenvalue weighted by Gasteiger charge is -2.22. The first-order valence-electron chi connectivity index (χ1n) is 6.70. The smallest absolute Gasteiger partial charge is 0.144 e. The quantitative estimate of drug-likeness (QED) is 0.889. The van der Waals surface area contributed by atoms with Crippen molar-refractivity contribution < 1.29 is 9.84 Å². The topological polar surface area (TPSA) is 82.6 Å². The van der Waals surface area contributed by atoms with Crippen LogP contribution >= 0.6 is 0 Å². The monoisotopic (exact) mass is 272 g/mol. The highest BCUT2D eigenvalue weighted by atomic mass is 16.5. The Morgan fingerprint density at radius 2 is 2.30 bits per heavy atom. The second-order valence-electron chi connectivity index (χ2n) is 5.01. The van der Waals surface area contributed by atoms with Gasteiger partial charge in [0, 0.05) is 25.8 Å². The molecule has 0 atom stereocenters. The van der Waals surface area contributed by atoms with Crippen LogP contribution in [0.5, 0.6) is 5.75 Å². The summed E-state index contributed by atoms with van der Waals surface area (Å²) >= 11 is 0. The predicted octanol–water partition coefficient (Wildman–Crippen LogP) is 1.75. The van der Waals surface area contributed by atoms with E-state index in [0.717, 1.165) is 38.3 Å². The fourth-order valence-corrected chi connectivity index (χ4v) is 2.49. The number of aromatic hydroxyl groups is 1. The second kappa shape index (κ2) is 5.39. The van der Waals surface area contributed by atoms with Crippen LogP contribution in [-0.4, -0.2) is 34.5 Å². The average molecular weight is 272 g/mol. The van der Waals surface area contributed by atoms with E-state index in [1.165, 1.54) is 10.7 Å². The molecular formula is C14H16N4O2. The number of anilines is 1. The van der Waals surface area contributed by atoms with Gasteiger partial charge >= 0.3 is 0 Å². The molecular weight excluding hydrogens is 256 g/mol. The summed E-state index contributed by atoms with van der Waals surface area (Å²) < 4.78 is 6.86. The van der Waals surface area contributed by atoms with Gasteiger partial charge in [0.1, 0.15) is 22.9 Å². The van der Waals surface area contributed by atoms with Gasteiger partial charge in [0.25, 0.3) is 0 Å². The van der Waals surface area contributed by atoms with Crippen molar-refractivity contribution in [2.75, 3.05) is 25.1 Å². The summed E-state index contributed by atoms with van der Waals surface area (Å²) in [7, 11) is 0. The number of aromatic nitrogens is 2. The van der Waals surface area contributed by atoms with E-state index in [1.54, 1.807) is 12.3 Å². The number of nitriles is 1. The first kappa shape index (κ1) is 12.8. The first-order chi connectivity index (χ1) is 9.78. The Morgan fingerprint density at radius 1 is 1.50 bits per heavy atom.